The van der Waals surface area contributed by atoms with Gasteiger partial charge in [0.2, 0.25) is 5.91 Å². The van der Waals surface area contributed by atoms with E-state index < -0.39 is 35.4 Å². The maximum absolute atomic E-state index is 15.0. The molecule has 1 saturated heterocycles. The minimum Gasteiger partial charge on any atom is -0.391 e. The van der Waals surface area contributed by atoms with Crippen molar-refractivity contribution in [3.05, 3.63) is 76.9 Å². The number of likely N-dealkylation sites (tertiary alicyclic amines) is 1. The molecule has 11 heteroatoms. The smallest absolute Gasteiger partial charge is 0.323 e. The molecule has 3 heterocycles. The minimum atomic E-state index is -1.02. The fourth-order valence-electron chi connectivity index (χ4n) is 5.18. The molecule has 0 bridgehead atoms. The molecule has 40 heavy (non-hydrogen) atoms. The van der Waals surface area contributed by atoms with E-state index in [0.29, 0.717) is 29.3 Å². The average molecular weight is 567 g/mol. The van der Waals surface area contributed by atoms with Crippen LogP contribution in [0.3, 0.4) is 0 Å². The van der Waals surface area contributed by atoms with Crippen molar-refractivity contribution in [1.29, 1.82) is 0 Å². The topological polar surface area (TPSA) is 133 Å². The van der Waals surface area contributed by atoms with Crippen LogP contribution < -0.4 is 16.4 Å². The number of aliphatic hydroxyl groups excluding tert-OH is 1. The molecule has 2 aromatic rings. The van der Waals surface area contributed by atoms with Crippen LogP contribution in [0, 0.1) is 11.7 Å². The normalized spacial score (nSPS) is 21.9. The van der Waals surface area contributed by atoms with E-state index in [4.69, 9.17) is 17.3 Å². The largest absolute Gasteiger partial charge is 0.391 e. The van der Waals surface area contributed by atoms with Gasteiger partial charge in [0.25, 0.3) is 0 Å². The Morgan fingerprint density at radius 3 is 2.80 bits per heavy atom. The molecule has 5 rings (SSSR count). The molecule has 1 aromatic heterocycles. The summed E-state index contributed by atoms with van der Waals surface area (Å²) in [5.74, 6) is -0.354. The molecule has 5 N–H and O–H groups in total. The lowest BCUT2D eigenvalue weighted by atomic mass is 9.77. The summed E-state index contributed by atoms with van der Waals surface area (Å²) in [6, 6.07) is 5.98. The number of amides is 3. The summed E-state index contributed by atoms with van der Waals surface area (Å²) in [7, 11) is 0. The molecule has 1 unspecified atom stereocenters. The van der Waals surface area contributed by atoms with Crippen LogP contribution >= 0.6 is 11.6 Å². The first-order chi connectivity index (χ1) is 19.2. The molecule has 210 valence electrons. The Bertz CT molecular complexity index is 1360. The molecule has 0 radical (unpaired) electrons. The van der Waals surface area contributed by atoms with E-state index in [2.05, 4.69) is 20.6 Å². The number of nitrogens with one attached hydrogen (secondary N) is 2. The van der Waals surface area contributed by atoms with Gasteiger partial charge in [-0.1, -0.05) is 36.6 Å². The Labute approximate surface area is 237 Å². The number of urea groups is 1. The average Bonchev–Trinajstić information content (AvgIpc) is 3.74. The van der Waals surface area contributed by atoms with E-state index in [1.807, 2.05) is 12.2 Å². The SMILES string of the molecule is NC(CCC1CC1)(C1=CC=NC=CC1)c1ccc(F)c(NC(=O)[C@H]2C[C@@H](O)CN2C(=O)Nc2ccc(Cl)cn2)c1. The third-order valence-corrected chi connectivity index (χ3v) is 7.88. The van der Waals surface area contributed by atoms with Gasteiger partial charge in [-0.05, 0) is 66.7 Å². The molecule has 1 saturated carbocycles. The van der Waals surface area contributed by atoms with Gasteiger partial charge in [0.05, 0.1) is 22.4 Å². The van der Waals surface area contributed by atoms with Gasteiger partial charge in [0.1, 0.15) is 17.7 Å². The van der Waals surface area contributed by atoms with Crippen LogP contribution in [0.1, 0.15) is 44.1 Å². The number of pyridine rings is 1. The molecule has 3 aliphatic rings. The molecule has 1 aliphatic carbocycles. The number of nitrogens with two attached hydrogens (primary N) is 1. The van der Waals surface area contributed by atoms with Crippen LogP contribution in [0.5, 0.6) is 0 Å². The molecular weight excluding hydrogens is 535 g/mol. The van der Waals surface area contributed by atoms with Gasteiger partial charge in [-0.2, -0.15) is 0 Å². The molecule has 2 aliphatic heterocycles. The fourth-order valence-corrected chi connectivity index (χ4v) is 5.30. The maximum Gasteiger partial charge on any atom is 0.323 e. The molecule has 1 aromatic carbocycles. The second-order valence-electron chi connectivity index (χ2n) is 10.6. The molecule has 3 atom stereocenters. The van der Waals surface area contributed by atoms with Crippen molar-refractivity contribution >= 4 is 41.3 Å². The zero-order valence-corrected chi connectivity index (χ0v) is 22.6. The number of benzene rings is 1. The predicted molar refractivity (Wildman–Crippen MR) is 153 cm³/mol. The Kier molecular flexibility index (Phi) is 8.30. The van der Waals surface area contributed by atoms with Crippen molar-refractivity contribution in [2.24, 2.45) is 16.6 Å². The molecule has 9 nitrogen and oxygen atoms in total. The Morgan fingerprint density at radius 1 is 1.23 bits per heavy atom. The van der Waals surface area contributed by atoms with Gasteiger partial charge in [0.15, 0.2) is 0 Å². The third kappa shape index (κ3) is 6.41. The van der Waals surface area contributed by atoms with Gasteiger partial charge in [-0.25, -0.2) is 14.2 Å². The van der Waals surface area contributed by atoms with E-state index >= 15 is 4.39 Å². The van der Waals surface area contributed by atoms with Gasteiger partial charge < -0.3 is 21.1 Å². The Balaban J connectivity index is 1.36. The highest BCUT2D eigenvalue weighted by atomic mass is 35.5. The zero-order chi connectivity index (χ0) is 28.3. The molecule has 3 amide bonds. The van der Waals surface area contributed by atoms with E-state index in [9.17, 15) is 14.7 Å². The fraction of sp³-hybridized carbons (Fsp3) is 0.379. The van der Waals surface area contributed by atoms with Crippen molar-refractivity contribution in [3.8, 4) is 0 Å². The van der Waals surface area contributed by atoms with Crippen molar-refractivity contribution < 1.29 is 19.1 Å². The summed E-state index contributed by atoms with van der Waals surface area (Å²) in [5, 5.41) is 15.9. The second kappa shape index (κ2) is 11.9. The lowest BCUT2D eigenvalue weighted by Gasteiger charge is -2.33. The number of hydrogen-bond donors (Lipinski definition) is 4. The van der Waals surface area contributed by atoms with Gasteiger partial charge >= 0.3 is 6.03 Å². The highest BCUT2D eigenvalue weighted by molar-refractivity contribution is 6.30. The number of hydrogen-bond acceptors (Lipinski definition) is 6. The second-order valence-corrected chi connectivity index (χ2v) is 11.0. The number of anilines is 2. The number of halogens is 2. The number of rotatable bonds is 8. The highest BCUT2D eigenvalue weighted by Gasteiger charge is 2.40. The minimum absolute atomic E-state index is 0.00931. The number of aliphatic imine (C=N–C) groups is 1. The summed E-state index contributed by atoms with van der Waals surface area (Å²) < 4.78 is 15.0. The quantitative estimate of drug-likeness (QED) is 0.366. The number of aromatic nitrogens is 1. The zero-order valence-electron chi connectivity index (χ0n) is 21.9. The van der Waals surface area contributed by atoms with Crippen molar-refractivity contribution in [3.63, 3.8) is 0 Å². The van der Waals surface area contributed by atoms with Gasteiger partial charge in [-0.15, -0.1) is 0 Å². The summed E-state index contributed by atoms with van der Waals surface area (Å²) in [6.07, 6.45) is 12.3. The highest BCUT2D eigenvalue weighted by Crippen LogP contribution is 2.41. The summed E-state index contributed by atoms with van der Waals surface area (Å²) in [6.45, 7) is -0.0592. The first kappa shape index (κ1) is 27.9. The van der Waals surface area contributed by atoms with Crippen molar-refractivity contribution in [2.45, 2.75) is 56.2 Å². The number of nitrogens with zero attached hydrogens (tertiary/aromatic N) is 3. The molecule has 2 fully saturated rings. The number of carbonyl (C=O) groups is 2. The Morgan fingerprint density at radius 2 is 2.05 bits per heavy atom. The van der Waals surface area contributed by atoms with Crippen LogP contribution in [0.25, 0.3) is 0 Å². The van der Waals surface area contributed by atoms with E-state index in [1.54, 1.807) is 30.6 Å². The summed E-state index contributed by atoms with van der Waals surface area (Å²) in [4.78, 5) is 35.7. The lowest BCUT2D eigenvalue weighted by molar-refractivity contribution is -0.119. The van der Waals surface area contributed by atoms with Crippen LogP contribution in [0.2, 0.25) is 5.02 Å². The molecule has 0 spiro atoms. The van der Waals surface area contributed by atoms with E-state index in [1.165, 1.54) is 36.1 Å². The van der Waals surface area contributed by atoms with Crippen LogP contribution in [-0.4, -0.2) is 51.8 Å². The van der Waals surface area contributed by atoms with E-state index in [0.717, 1.165) is 12.0 Å². The van der Waals surface area contributed by atoms with Gasteiger partial charge in [-0.3, -0.25) is 15.1 Å². The Hall–Kier alpha value is -3.60. The maximum atomic E-state index is 15.0. The van der Waals surface area contributed by atoms with Crippen LogP contribution in [0.15, 0.2) is 65.4 Å². The van der Waals surface area contributed by atoms with Crippen LogP contribution in [-0.2, 0) is 10.3 Å². The first-order valence-electron chi connectivity index (χ1n) is 13.4. The van der Waals surface area contributed by atoms with Crippen molar-refractivity contribution in [1.82, 2.24) is 9.88 Å². The number of allylic oxidation sites excluding steroid dienone is 2. The predicted octanol–water partition coefficient (Wildman–Crippen LogP) is 4.74. The van der Waals surface area contributed by atoms with Crippen molar-refractivity contribution in [2.75, 3.05) is 17.2 Å². The first-order valence-corrected chi connectivity index (χ1v) is 13.8. The third-order valence-electron chi connectivity index (χ3n) is 7.65. The monoisotopic (exact) mass is 566 g/mol. The number of carbonyl (C=O) groups excluding carboxylic acids is 2. The van der Waals surface area contributed by atoms with E-state index in [-0.39, 0.29) is 24.5 Å². The summed E-state index contributed by atoms with van der Waals surface area (Å²) in [5.41, 5.74) is 7.78. The number of β-amino-alcohol motifs (C(OH)–C–C–N with tert-alkyl or cyclic N) is 1. The number of aliphatic hydroxyl groups is 1. The summed E-state index contributed by atoms with van der Waals surface area (Å²) >= 11 is 5.85. The van der Waals surface area contributed by atoms with Gasteiger partial charge in [0, 0.05) is 31.6 Å². The molecular formula is C29H32ClFN6O3. The van der Waals surface area contributed by atoms with Crippen LogP contribution in [0.4, 0.5) is 20.7 Å². The lowest BCUT2D eigenvalue weighted by Crippen LogP contribution is -2.45. The standard InChI is InChI=1S/C29H32ClFN6O3/c30-21-6-8-26(34-16-21)36-28(40)37-17-22(38)15-25(37)27(39)35-24-14-20(5-7-23(24)31)29(32,11-9-18-3-4-18)19-2-1-12-33-13-10-19/h1,5-8,10,12-14,16,18,22,25,38H,2-4,9,11,15,17,32H2,(H,35,39)(H,34,36,40)/t22-,25-,29?/m1/s1.